The van der Waals surface area contributed by atoms with Crippen molar-refractivity contribution in [2.45, 2.75) is 32.5 Å². The second kappa shape index (κ2) is 13.4. The molecule has 4 aromatic heterocycles. The van der Waals surface area contributed by atoms with E-state index < -0.39 is 58.3 Å². The highest BCUT2D eigenvalue weighted by Gasteiger charge is 2.34. The molecule has 258 valence electrons. The van der Waals surface area contributed by atoms with Gasteiger partial charge < -0.3 is 29.5 Å². The van der Waals surface area contributed by atoms with Gasteiger partial charge >= 0.3 is 6.18 Å². The summed E-state index contributed by atoms with van der Waals surface area (Å²) in [4.78, 5) is 58.4. The summed E-state index contributed by atoms with van der Waals surface area (Å²) in [7, 11) is 0. The highest BCUT2D eigenvalue weighted by Crippen LogP contribution is 2.31. The number of rotatable bonds is 7. The van der Waals surface area contributed by atoms with Crippen LogP contribution in [0, 0.1) is 5.95 Å². The molecule has 15 nitrogen and oxygen atoms in total. The summed E-state index contributed by atoms with van der Waals surface area (Å²) in [6.45, 7) is 2.49. The second-order valence-electron chi connectivity index (χ2n) is 11.0. The molecule has 20 heteroatoms. The molecule has 0 spiro atoms. The normalized spacial score (nSPS) is 15.4. The number of pyridine rings is 1. The largest absolute Gasteiger partial charge is 0.502 e. The minimum absolute atomic E-state index is 0.0508. The first-order chi connectivity index (χ1) is 23.4. The number of aromatic nitrogens is 7. The van der Waals surface area contributed by atoms with Crippen LogP contribution in [0.1, 0.15) is 41.0 Å². The van der Waals surface area contributed by atoms with E-state index in [1.807, 2.05) is 0 Å². The van der Waals surface area contributed by atoms with E-state index in [0.717, 1.165) is 22.5 Å². The molecule has 49 heavy (non-hydrogen) atoms. The summed E-state index contributed by atoms with van der Waals surface area (Å²) in [5.74, 6) is -3.31. The minimum atomic E-state index is -4.74. The Labute approximate surface area is 278 Å². The predicted octanol–water partition coefficient (Wildman–Crippen LogP) is 2.56. The molecule has 0 aliphatic carbocycles. The molecule has 6 rings (SSSR count). The lowest BCUT2D eigenvalue weighted by molar-refractivity contribution is -0.141. The van der Waals surface area contributed by atoms with Crippen LogP contribution in [0.4, 0.5) is 28.9 Å². The summed E-state index contributed by atoms with van der Waals surface area (Å²) < 4.78 is 61.0. The fraction of sp³-hybridized carbons (Fsp3) is 0.379. The van der Waals surface area contributed by atoms with Crippen molar-refractivity contribution in [3.05, 3.63) is 68.9 Å². The molecule has 2 amide bonds. The van der Waals surface area contributed by atoms with Crippen molar-refractivity contribution < 1.29 is 37.0 Å². The van der Waals surface area contributed by atoms with E-state index >= 15 is 0 Å². The summed E-state index contributed by atoms with van der Waals surface area (Å²) in [6, 6.07) is 1.68. The van der Waals surface area contributed by atoms with E-state index in [1.54, 1.807) is 17.9 Å². The second-order valence-corrected chi connectivity index (χ2v) is 11.3. The van der Waals surface area contributed by atoms with Crippen LogP contribution in [0.2, 0.25) is 5.15 Å². The van der Waals surface area contributed by atoms with Crippen molar-refractivity contribution in [1.82, 2.24) is 39.0 Å². The Kier molecular flexibility index (Phi) is 9.21. The van der Waals surface area contributed by atoms with E-state index in [4.69, 9.17) is 16.3 Å². The first kappa shape index (κ1) is 33.7. The number of fused-ring (bicyclic) bond motifs is 1. The van der Waals surface area contributed by atoms with Crippen LogP contribution in [-0.2, 0) is 28.7 Å². The van der Waals surface area contributed by atoms with Crippen LogP contribution in [0.25, 0.3) is 11.4 Å². The summed E-state index contributed by atoms with van der Waals surface area (Å²) >= 11 is 5.97. The molecule has 2 aliphatic rings. The van der Waals surface area contributed by atoms with Gasteiger partial charge in [0.2, 0.25) is 17.4 Å². The van der Waals surface area contributed by atoms with Gasteiger partial charge in [-0.15, -0.1) is 5.10 Å². The van der Waals surface area contributed by atoms with Gasteiger partial charge in [-0.1, -0.05) is 24.6 Å². The third-order valence-electron chi connectivity index (χ3n) is 7.99. The van der Waals surface area contributed by atoms with Crippen molar-refractivity contribution in [3.63, 3.8) is 0 Å². The number of carbonyl (C=O) groups excluding carboxylic acids is 2. The molecule has 0 bridgehead atoms. The zero-order valence-electron chi connectivity index (χ0n) is 25.7. The SMILES string of the molecule is CCc1c(N2CCN(C(=O)c3ncnc(F)c3O)CC2)c(=O)n2nc(C3=CCOCC3)nc2n1CC(=O)Nc1ccc(C(F)(F)F)nc1Cl. The van der Waals surface area contributed by atoms with Crippen LogP contribution in [0.3, 0.4) is 0 Å². The van der Waals surface area contributed by atoms with Crippen LogP contribution >= 0.6 is 11.6 Å². The smallest absolute Gasteiger partial charge is 0.433 e. The van der Waals surface area contributed by atoms with Gasteiger partial charge in [0.05, 0.1) is 24.6 Å². The number of amides is 2. The molecule has 2 N–H and O–H groups in total. The number of anilines is 2. The van der Waals surface area contributed by atoms with Gasteiger partial charge in [-0.05, 0) is 30.5 Å². The molecule has 0 saturated carbocycles. The van der Waals surface area contributed by atoms with E-state index in [9.17, 15) is 37.1 Å². The molecule has 0 radical (unpaired) electrons. The van der Waals surface area contributed by atoms with Gasteiger partial charge in [0.25, 0.3) is 17.4 Å². The fourth-order valence-electron chi connectivity index (χ4n) is 5.61. The van der Waals surface area contributed by atoms with Gasteiger partial charge in [-0.3, -0.25) is 14.4 Å². The maximum absolute atomic E-state index is 14.1. The van der Waals surface area contributed by atoms with Crippen LogP contribution < -0.4 is 15.8 Å². The molecule has 1 saturated heterocycles. The number of nitrogens with one attached hydrogen (secondary N) is 1. The Morgan fingerprint density at radius 3 is 2.53 bits per heavy atom. The van der Waals surface area contributed by atoms with E-state index in [0.29, 0.717) is 31.4 Å². The van der Waals surface area contributed by atoms with Crippen LogP contribution in [0.5, 0.6) is 5.75 Å². The number of halogens is 5. The molecule has 2 aliphatic heterocycles. The van der Waals surface area contributed by atoms with Crippen molar-refractivity contribution in [2.75, 3.05) is 49.6 Å². The van der Waals surface area contributed by atoms with Gasteiger partial charge in [0.1, 0.15) is 24.3 Å². The number of alkyl halides is 3. The molecule has 1 fully saturated rings. The highest BCUT2D eigenvalue weighted by molar-refractivity contribution is 6.32. The maximum Gasteiger partial charge on any atom is 0.433 e. The first-order valence-corrected chi connectivity index (χ1v) is 15.3. The lowest BCUT2D eigenvalue weighted by atomic mass is 10.1. The lowest BCUT2D eigenvalue weighted by Crippen LogP contribution is -2.51. The first-order valence-electron chi connectivity index (χ1n) is 14.9. The molecule has 6 heterocycles. The van der Waals surface area contributed by atoms with E-state index in [2.05, 4.69) is 30.4 Å². The molecular weight excluding hydrogens is 680 g/mol. The summed E-state index contributed by atoms with van der Waals surface area (Å²) in [5, 5.41) is 16.4. The number of hydrogen-bond acceptors (Lipinski definition) is 11. The van der Waals surface area contributed by atoms with Crippen LogP contribution in [-0.4, -0.2) is 95.3 Å². The van der Waals surface area contributed by atoms with Gasteiger partial charge in [-0.25, -0.2) is 15.0 Å². The molecule has 4 aromatic rings. The average molecular weight is 707 g/mol. The quantitative estimate of drug-likeness (QED) is 0.164. The highest BCUT2D eigenvalue weighted by atomic mass is 35.5. The fourth-order valence-corrected chi connectivity index (χ4v) is 5.81. The third kappa shape index (κ3) is 6.62. The minimum Gasteiger partial charge on any atom is -0.502 e. The predicted molar refractivity (Wildman–Crippen MR) is 165 cm³/mol. The molecule has 0 aromatic carbocycles. The Hall–Kier alpha value is -5.17. The van der Waals surface area contributed by atoms with Gasteiger partial charge in [0, 0.05) is 26.2 Å². The summed E-state index contributed by atoms with van der Waals surface area (Å²) in [6.07, 6.45) is -1.40. The van der Waals surface area contributed by atoms with E-state index in [-0.39, 0.29) is 55.6 Å². The maximum atomic E-state index is 14.1. The number of nitrogens with zero attached hydrogens (tertiary/aromatic N) is 9. The zero-order valence-corrected chi connectivity index (χ0v) is 26.4. The monoisotopic (exact) mass is 706 g/mol. The topological polar surface area (TPSA) is 173 Å². The lowest BCUT2D eigenvalue weighted by Gasteiger charge is -2.36. The Bertz CT molecular complexity index is 2040. The van der Waals surface area contributed by atoms with Crippen molar-refractivity contribution in [2.24, 2.45) is 0 Å². The number of piperazine rings is 1. The Balaban J connectivity index is 1.35. The van der Waals surface area contributed by atoms with Crippen molar-refractivity contribution in [1.29, 1.82) is 0 Å². The Morgan fingerprint density at radius 1 is 1.12 bits per heavy atom. The standard InChI is InChI=1S/C29H27ClF4N10O5/c1-2-17-21(41-7-9-42(10-8-41)26(47)20-22(46)24(31)36-14-35-20)27(48)44-28(39-25(40-44)15-5-11-49-12-6-15)43(17)13-19(45)37-16-3-4-18(29(32,33)34)38-23(16)30/h3-5,14,46H,2,6-13H2,1H3,(H,37,45). The number of hydrogen-bond donors (Lipinski definition) is 2. The summed E-state index contributed by atoms with van der Waals surface area (Å²) in [5.41, 5.74) is -1.07. The number of carbonyl (C=O) groups is 2. The molecule has 0 atom stereocenters. The van der Waals surface area contributed by atoms with Crippen molar-refractivity contribution in [3.8, 4) is 5.75 Å². The molecule has 0 unspecified atom stereocenters. The zero-order chi connectivity index (χ0) is 35.0. The van der Waals surface area contributed by atoms with Gasteiger partial charge in [-0.2, -0.15) is 27.1 Å². The average Bonchev–Trinajstić information content (AvgIpc) is 3.54. The van der Waals surface area contributed by atoms with E-state index in [1.165, 1.54) is 9.47 Å². The molecular formula is C29H27ClF4N10O5. The number of ether oxygens (including phenoxy) is 1. The van der Waals surface area contributed by atoms with Crippen LogP contribution in [0.15, 0.2) is 29.3 Å². The number of aromatic hydroxyl groups is 1. The van der Waals surface area contributed by atoms with Gasteiger partial charge in [0.15, 0.2) is 16.7 Å². The third-order valence-corrected chi connectivity index (χ3v) is 8.28. The Morgan fingerprint density at radius 2 is 1.88 bits per heavy atom. The van der Waals surface area contributed by atoms with Crippen molar-refractivity contribution >= 4 is 46.1 Å².